The van der Waals surface area contributed by atoms with E-state index in [9.17, 15) is 0 Å². The molecular weight excluding hydrogens is 230 g/mol. The number of ether oxygens (including phenoxy) is 2. The third-order valence-corrected chi connectivity index (χ3v) is 3.62. The fourth-order valence-electron chi connectivity index (χ4n) is 2.46. The summed E-state index contributed by atoms with van der Waals surface area (Å²) in [5.74, 6) is 2.02. The van der Waals surface area contributed by atoms with Gasteiger partial charge in [-0.05, 0) is 36.5 Å². The molecule has 1 aliphatic rings. The molecule has 1 fully saturated rings. The normalized spacial score (nSPS) is 23.7. The number of methoxy groups -OCH3 is 2. The van der Waals surface area contributed by atoms with Gasteiger partial charge in [-0.2, -0.15) is 0 Å². The summed E-state index contributed by atoms with van der Waals surface area (Å²) in [6.45, 7) is 1.12. The highest BCUT2D eigenvalue weighted by atomic mass is 16.5. The standard InChI is InChI=1S/C14H21NO3/c1-17-13-6-4-10(7-14(13)18-2)11-3-5-12(9-16)15-8-11/h4,6-7,11-12,15-16H,3,5,8-9H2,1-2H3. The number of nitrogens with one attached hydrogen (secondary N) is 1. The van der Waals surface area contributed by atoms with E-state index in [-0.39, 0.29) is 12.6 Å². The van der Waals surface area contributed by atoms with Gasteiger partial charge < -0.3 is 19.9 Å². The van der Waals surface area contributed by atoms with Crippen LogP contribution >= 0.6 is 0 Å². The molecule has 0 spiro atoms. The molecule has 0 aliphatic carbocycles. The lowest BCUT2D eigenvalue weighted by molar-refractivity contribution is 0.212. The molecule has 1 heterocycles. The SMILES string of the molecule is COc1ccc(C2CCC(CO)NC2)cc1OC. The van der Waals surface area contributed by atoms with Crippen LogP contribution in [0, 0.1) is 0 Å². The van der Waals surface area contributed by atoms with Crippen molar-refractivity contribution in [2.75, 3.05) is 27.4 Å². The maximum absolute atomic E-state index is 9.10. The van der Waals surface area contributed by atoms with E-state index in [0.29, 0.717) is 5.92 Å². The second-order valence-electron chi connectivity index (χ2n) is 4.68. The van der Waals surface area contributed by atoms with Crippen molar-refractivity contribution >= 4 is 0 Å². The molecular formula is C14H21NO3. The summed E-state index contributed by atoms with van der Waals surface area (Å²) in [5, 5.41) is 12.5. The second-order valence-corrected chi connectivity index (χ2v) is 4.68. The lowest BCUT2D eigenvalue weighted by Gasteiger charge is -2.29. The smallest absolute Gasteiger partial charge is 0.160 e. The quantitative estimate of drug-likeness (QED) is 0.852. The first kappa shape index (κ1) is 13.2. The molecule has 100 valence electrons. The molecule has 2 atom stereocenters. The molecule has 2 rings (SSSR count). The predicted octanol–water partition coefficient (Wildman–Crippen LogP) is 1.53. The summed E-state index contributed by atoms with van der Waals surface area (Å²) in [6, 6.07) is 6.34. The Morgan fingerprint density at radius 1 is 1.22 bits per heavy atom. The van der Waals surface area contributed by atoms with E-state index in [2.05, 4.69) is 11.4 Å². The fraction of sp³-hybridized carbons (Fsp3) is 0.571. The summed E-state index contributed by atoms with van der Waals surface area (Å²) in [7, 11) is 3.30. The molecule has 0 saturated carbocycles. The lowest BCUT2D eigenvalue weighted by atomic mass is 9.89. The van der Waals surface area contributed by atoms with Gasteiger partial charge in [0.2, 0.25) is 0 Å². The number of benzene rings is 1. The number of rotatable bonds is 4. The molecule has 1 aromatic rings. The van der Waals surface area contributed by atoms with Gasteiger partial charge in [-0.25, -0.2) is 0 Å². The van der Waals surface area contributed by atoms with Crippen LogP contribution < -0.4 is 14.8 Å². The minimum atomic E-state index is 0.221. The molecule has 2 N–H and O–H groups in total. The van der Waals surface area contributed by atoms with Crippen LogP contribution in [-0.2, 0) is 0 Å². The van der Waals surface area contributed by atoms with Gasteiger partial charge >= 0.3 is 0 Å². The zero-order chi connectivity index (χ0) is 13.0. The highest BCUT2D eigenvalue weighted by molar-refractivity contribution is 5.44. The number of piperidine rings is 1. The number of hydrogen-bond donors (Lipinski definition) is 2. The Bertz CT molecular complexity index is 387. The van der Waals surface area contributed by atoms with Gasteiger partial charge in [0.1, 0.15) is 0 Å². The van der Waals surface area contributed by atoms with Crippen molar-refractivity contribution in [3.05, 3.63) is 23.8 Å². The van der Waals surface area contributed by atoms with E-state index >= 15 is 0 Å². The van der Waals surface area contributed by atoms with Crippen LogP contribution in [-0.4, -0.2) is 38.5 Å². The van der Waals surface area contributed by atoms with Crippen LogP contribution in [0.4, 0.5) is 0 Å². The molecule has 2 unspecified atom stereocenters. The van der Waals surface area contributed by atoms with Crippen molar-refractivity contribution in [2.24, 2.45) is 0 Å². The van der Waals surface area contributed by atoms with Crippen molar-refractivity contribution in [1.82, 2.24) is 5.32 Å². The van der Waals surface area contributed by atoms with Crippen molar-refractivity contribution < 1.29 is 14.6 Å². The maximum Gasteiger partial charge on any atom is 0.160 e. The van der Waals surface area contributed by atoms with Crippen molar-refractivity contribution in [2.45, 2.75) is 24.8 Å². The van der Waals surface area contributed by atoms with Crippen LogP contribution in [0.5, 0.6) is 11.5 Å². The Labute approximate surface area is 108 Å². The average Bonchev–Trinajstić information content (AvgIpc) is 2.46. The Kier molecular flexibility index (Phi) is 4.44. The van der Waals surface area contributed by atoms with Crippen LogP contribution in [0.2, 0.25) is 0 Å². The van der Waals surface area contributed by atoms with E-state index in [0.717, 1.165) is 30.9 Å². The molecule has 1 saturated heterocycles. The molecule has 0 aromatic heterocycles. The molecule has 1 aliphatic heterocycles. The summed E-state index contributed by atoms with van der Waals surface area (Å²) < 4.78 is 10.6. The molecule has 4 nitrogen and oxygen atoms in total. The van der Waals surface area contributed by atoms with E-state index in [4.69, 9.17) is 14.6 Å². The monoisotopic (exact) mass is 251 g/mol. The Hall–Kier alpha value is -1.26. The maximum atomic E-state index is 9.10. The molecule has 1 aromatic carbocycles. The first-order valence-corrected chi connectivity index (χ1v) is 6.34. The van der Waals surface area contributed by atoms with Gasteiger partial charge in [0, 0.05) is 12.6 Å². The molecule has 4 heteroatoms. The lowest BCUT2D eigenvalue weighted by Crippen LogP contribution is -2.40. The second kappa shape index (κ2) is 6.07. The van der Waals surface area contributed by atoms with E-state index in [1.54, 1.807) is 14.2 Å². The van der Waals surface area contributed by atoms with Gasteiger partial charge in [0.15, 0.2) is 11.5 Å². The minimum absolute atomic E-state index is 0.221. The predicted molar refractivity (Wildman–Crippen MR) is 70.4 cm³/mol. The summed E-state index contributed by atoms with van der Waals surface area (Å²) in [6.07, 6.45) is 2.10. The largest absolute Gasteiger partial charge is 0.493 e. The van der Waals surface area contributed by atoms with Gasteiger partial charge in [-0.1, -0.05) is 6.07 Å². The topological polar surface area (TPSA) is 50.7 Å². The first-order valence-electron chi connectivity index (χ1n) is 6.34. The Balaban J connectivity index is 2.09. The third kappa shape index (κ3) is 2.76. The Morgan fingerprint density at radius 2 is 2.00 bits per heavy atom. The summed E-state index contributed by atoms with van der Waals surface area (Å²) in [5.41, 5.74) is 1.26. The van der Waals surface area contributed by atoms with Crippen LogP contribution in [0.15, 0.2) is 18.2 Å². The van der Waals surface area contributed by atoms with E-state index in [1.807, 2.05) is 12.1 Å². The van der Waals surface area contributed by atoms with E-state index in [1.165, 1.54) is 5.56 Å². The van der Waals surface area contributed by atoms with Crippen LogP contribution in [0.3, 0.4) is 0 Å². The van der Waals surface area contributed by atoms with Gasteiger partial charge in [0.25, 0.3) is 0 Å². The zero-order valence-corrected chi connectivity index (χ0v) is 11.0. The van der Waals surface area contributed by atoms with Crippen LogP contribution in [0.1, 0.15) is 24.3 Å². The number of hydrogen-bond acceptors (Lipinski definition) is 4. The van der Waals surface area contributed by atoms with Gasteiger partial charge in [-0.15, -0.1) is 0 Å². The highest BCUT2D eigenvalue weighted by Gasteiger charge is 2.22. The van der Waals surface area contributed by atoms with Gasteiger partial charge in [-0.3, -0.25) is 0 Å². The van der Waals surface area contributed by atoms with Crippen LogP contribution in [0.25, 0.3) is 0 Å². The molecule has 0 bridgehead atoms. The molecule has 0 amide bonds. The summed E-state index contributed by atoms with van der Waals surface area (Å²) >= 11 is 0. The van der Waals surface area contributed by atoms with Crippen molar-refractivity contribution in [3.8, 4) is 11.5 Å². The minimum Gasteiger partial charge on any atom is -0.493 e. The van der Waals surface area contributed by atoms with Gasteiger partial charge in [0.05, 0.1) is 20.8 Å². The van der Waals surface area contributed by atoms with Crippen molar-refractivity contribution in [3.63, 3.8) is 0 Å². The molecule has 18 heavy (non-hydrogen) atoms. The highest BCUT2D eigenvalue weighted by Crippen LogP contribution is 2.33. The number of aliphatic hydroxyl groups is 1. The first-order chi connectivity index (χ1) is 8.78. The Morgan fingerprint density at radius 3 is 2.56 bits per heavy atom. The zero-order valence-electron chi connectivity index (χ0n) is 11.0. The molecule has 0 radical (unpaired) electrons. The van der Waals surface area contributed by atoms with Crippen molar-refractivity contribution in [1.29, 1.82) is 0 Å². The third-order valence-electron chi connectivity index (χ3n) is 3.62. The van der Waals surface area contributed by atoms with E-state index < -0.39 is 0 Å². The average molecular weight is 251 g/mol. The summed E-state index contributed by atoms with van der Waals surface area (Å²) in [4.78, 5) is 0. The fourth-order valence-corrected chi connectivity index (χ4v) is 2.46. The number of aliphatic hydroxyl groups excluding tert-OH is 1.